The Bertz CT molecular complexity index is 955. The largest absolute Gasteiger partial charge is 0.497 e. The Hall–Kier alpha value is -3.06. The van der Waals surface area contributed by atoms with Crippen LogP contribution in [0, 0.1) is 0 Å². The summed E-state index contributed by atoms with van der Waals surface area (Å²) in [6, 6.07) is 17.5. The normalized spacial score (nSPS) is 10.6. The number of amides is 1. The van der Waals surface area contributed by atoms with Gasteiger partial charge in [-0.15, -0.1) is 16.8 Å². The van der Waals surface area contributed by atoms with E-state index in [0.29, 0.717) is 6.54 Å². The third-order valence-corrected chi connectivity index (χ3v) is 5.49. The molecule has 0 saturated heterocycles. The standard InChI is InChI=1S/C23H26N4O2S/c1-3-16-27-21(11-7-8-18-12-14-20(29-2)15-13-18)25-26-23(27)30-17-22(28)24-19-9-5-4-6-10-19/h3-6,9-10,12-15H,1,7-8,11,16-17H2,2H3,(H,24,28). The number of aromatic nitrogens is 3. The summed E-state index contributed by atoms with van der Waals surface area (Å²) >= 11 is 1.38. The van der Waals surface area contributed by atoms with Crippen LogP contribution in [0.1, 0.15) is 17.8 Å². The molecule has 3 rings (SSSR count). The molecule has 0 aliphatic carbocycles. The molecule has 1 heterocycles. The first-order chi connectivity index (χ1) is 14.7. The van der Waals surface area contributed by atoms with Gasteiger partial charge in [-0.2, -0.15) is 0 Å². The third-order valence-electron chi connectivity index (χ3n) is 4.52. The van der Waals surface area contributed by atoms with Gasteiger partial charge in [0.15, 0.2) is 5.16 Å². The van der Waals surface area contributed by atoms with Crippen LogP contribution in [0.25, 0.3) is 0 Å². The second kappa shape index (κ2) is 11.2. The predicted octanol–water partition coefficient (Wildman–Crippen LogP) is 4.38. The van der Waals surface area contributed by atoms with Gasteiger partial charge in [-0.3, -0.25) is 4.79 Å². The van der Waals surface area contributed by atoms with Crippen molar-refractivity contribution < 1.29 is 9.53 Å². The topological polar surface area (TPSA) is 69.0 Å². The number of hydrogen-bond donors (Lipinski definition) is 1. The maximum absolute atomic E-state index is 12.2. The lowest BCUT2D eigenvalue weighted by Crippen LogP contribution is -2.14. The number of thioether (sulfide) groups is 1. The molecule has 156 valence electrons. The highest BCUT2D eigenvalue weighted by molar-refractivity contribution is 7.99. The first-order valence-electron chi connectivity index (χ1n) is 9.83. The van der Waals surface area contributed by atoms with Gasteiger partial charge in [-0.1, -0.05) is 48.2 Å². The summed E-state index contributed by atoms with van der Waals surface area (Å²) in [6.45, 7) is 4.45. The molecule has 7 heteroatoms. The van der Waals surface area contributed by atoms with Crippen LogP contribution in [0.3, 0.4) is 0 Å². The molecule has 0 unspecified atom stereocenters. The SMILES string of the molecule is C=CCn1c(CCCc2ccc(OC)cc2)nnc1SCC(=O)Nc1ccccc1. The monoisotopic (exact) mass is 422 g/mol. The number of hydrogen-bond acceptors (Lipinski definition) is 5. The molecule has 0 fully saturated rings. The highest BCUT2D eigenvalue weighted by atomic mass is 32.2. The van der Waals surface area contributed by atoms with Gasteiger partial charge >= 0.3 is 0 Å². The predicted molar refractivity (Wildman–Crippen MR) is 121 cm³/mol. The molecule has 30 heavy (non-hydrogen) atoms. The number of methoxy groups -OCH3 is 1. The van der Waals surface area contributed by atoms with Crippen LogP contribution in [-0.4, -0.2) is 33.5 Å². The highest BCUT2D eigenvalue weighted by Gasteiger charge is 2.13. The fraction of sp³-hybridized carbons (Fsp3) is 0.261. The molecule has 1 aromatic heterocycles. The number of aryl methyl sites for hydroxylation is 2. The molecular weight excluding hydrogens is 396 g/mol. The highest BCUT2D eigenvalue weighted by Crippen LogP contribution is 2.19. The molecule has 1 amide bonds. The van der Waals surface area contributed by atoms with Crippen LogP contribution >= 0.6 is 11.8 Å². The molecule has 2 aromatic carbocycles. The zero-order valence-corrected chi connectivity index (χ0v) is 17.9. The van der Waals surface area contributed by atoms with E-state index in [9.17, 15) is 4.79 Å². The summed E-state index contributed by atoms with van der Waals surface area (Å²) in [4.78, 5) is 12.2. The Morgan fingerprint density at radius 1 is 1.13 bits per heavy atom. The molecular formula is C23H26N4O2S. The van der Waals surface area contributed by atoms with E-state index >= 15 is 0 Å². The Morgan fingerprint density at radius 2 is 1.90 bits per heavy atom. The molecule has 0 spiro atoms. The van der Waals surface area contributed by atoms with Crippen molar-refractivity contribution in [2.75, 3.05) is 18.2 Å². The number of para-hydroxylation sites is 1. The van der Waals surface area contributed by atoms with Crippen LogP contribution < -0.4 is 10.1 Å². The van der Waals surface area contributed by atoms with Crippen LogP contribution in [0.4, 0.5) is 5.69 Å². The summed E-state index contributed by atoms with van der Waals surface area (Å²) in [6.07, 6.45) is 4.54. The number of allylic oxidation sites excluding steroid dienone is 1. The molecule has 0 aliphatic heterocycles. The number of carbonyl (C=O) groups excluding carboxylic acids is 1. The van der Waals surface area contributed by atoms with Gasteiger partial charge < -0.3 is 14.6 Å². The minimum absolute atomic E-state index is 0.0691. The summed E-state index contributed by atoms with van der Waals surface area (Å²) in [5.74, 6) is 1.98. The van der Waals surface area contributed by atoms with Crippen molar-refractivity contribution in [2.45, 2.75) is 31.0 Å². The van der Waals surface area contributed by atoms with Crippen LogP contribution in [-0.2, 0) is 24.2 Å². The molecule has 0 bridgehead atoms. The Balaban J connectivity index is 1.54. The zero-order valence-electron chi connectivity index (χ0n) is 17.1. The first-order valence-corrected chi connectivity index (χ1v) is 10.8. The number of carbonyl (C=O) groups is 1. The molecule has 3 aromatic rings. The minimum atomic E-state index is -0.0691. The first kappa shape index (κ1) is 21.6. The summed E-state index contributed by atoms with van der Waals surface area (Å²) < 4.78 is 7.23. The van der Waals surface area contributed by atoms with Crippen LogP contribution in [0.15, 0.2) is 72.4 Å². The van der Waals surface area contributed by atoms with E-state index < -0.39 is 0 Å². The zero-order chi connectivity index (χ0) is 21.2. The molecule has 0 atom stereocenters. The van der Waals surface area contributed by atoms with Gasteiger partial charge in [0.05, 0.1) is 12.9 Å². The van der Waals surface area contributed by atoms with E-state index in [1.54, 1.807) is 7.11 Å². The van der Waals surface area contributed by atoms with Crippen molar-refractivity contribution >= 4 is 23.4 Å². The van der Waals surface area contributed by atoms with E-state index in [1.165, 1.54) is 17.3 Å². The number of ether oxygens (including phenoxy) is 1. The van der Waals surface area contributed by atoms with Gasteiger partial charge in [-0.05, 0) is 42.7 Å². The molecule has 6 nitrogen and oxygen atoms in total. The molecule has 1 N–H and O–H groups in total. The summed E-state index contributed by atoms with van der Waals surface area (Å²) in [5, 5.41) is 12.3. The van der Waals surface area contributed by atoms with Crippen LogP contribution in [0.5, 0.6) is 5.75 Å². The average Bonchev–Trinajstić information content (AvgIpc) is 3.15. The smallest absolute Gasteiger partial charge is 0.234 e. The summed E-state index contributed by atoms with van der Waals surface area (Å²) in [5.41, 5.74) is 2.05. The van der Waals surface area contributed by atoms with Gasteiger partial charge in [0.1, 0.15) is 11.6 Å². The van der Waals surface area contributed by atoms with Gasteiger partial charge in [0.2, 0.25) is 5.91 Å². The Morgan fingerprint density at radius 3 is 2.60 bits per heavy atom. The Kier molecular flexibility index (Phi) is 8.09. The third kappa shape index (κ3) is 6.22. The lowest BCUT2D eigenvalue weighted by molar-refractivity contribution is -0.113. The number of rotatable bonds is 11. The quantitative estimate of drug-likeness (QED) is 0.367. The van der Waals surface area contributed by atoms with Crippen LogP contribution in [0.2, 0.25) is 0 Å². The molecule has 0 aliphatic rings. The van der Waals surface area contributed by atoms with Crippen molar-refractivity contribution in [2.24, 2.45) is 0 Å². The molecule has 0 radical (unpaired) electrons. The molecule has 0 saturated carbocycles. The van der Waals surface area contributed by atoms with Gasteiger partial charge in [0, 0.05) is 18.7 Å². The summed E-state index contributed by atoms with van der Waals surface area (Å²) in [7, 11) is 1.67. The fourth-order valence-corrected chi connectivity index (χ4v) is 3.78. The average molecular weight is 423 g/mol. The van der Waals surface area contributed by atoms with Gasteiger partial charge in [0.25, 0.3) is 0 Å². The van der Waals surface area contributed by atoms with Crippen molar-refractivity contribution in [1.82, 2.24) is 14.8 Å². The lowest BCUT2D eigenvalue weighted by atomic mass is 10.1. The Labute approximate surface area is 181 Å². The van der Waals surface area contributed by atoms with E-state index in [2.05, 4.69) is 34.2 Å². The second-order valence-corrected chi connectivity index (χ2v) is 7.65. The lowest BCUT2D eigenvalue weighted by Gasteiger charge is -2.08. The van der Waals surface area contributed by atoms with E-state index in [-0.39, 0.29) is 11.7 Å². The maximum atomic E-state index is 12.2. The van der Waals surface area contributed by atoms with Crippen molar-refractivity contribution in [1.29, 1.82) is 0 Å². The number of benzene rings is 2. The van der Waals surface area contributed by atoms with E-state index in [0.717, 1.165) is 41.7 Å². The van der Waals surface area contributed by atoms with Crippen molar-refractivity contribution in [3.05, 3.63) is 78.6 Å². The second-order valence-electron chi connectivity index (χ2n) is 6.70. The number of nitrogens with zero attached hydrogens (tertiary/aromatic N) is 3. The minimum Gasteiger partial charge on any atom is -0.497 e. The fourth-order valence-electron chi connectivity index (χ4n) is 3.01. The van der Waals surface area contributed by atoms with Crippen molar-refractivity contribution in [3.63, 3.8) is 0 Å². The van der Waals surface area contributed by atoms with Gasteiger partial charge in [-0.25, -0.2) is 0 Å². The number of anilines is 1. The van der Waals surface area contributed by atoms with Crippen molar-refractivity contribution in [3.8, 4) is 5.75 Å². The maximum Gasteiger partial charge on any atom is 0.234 e. The van der Waals surface area contributed by atoms with E-state index in [4.69, 9.17) is 4.74 Å². The number of nitrogens with one attached hydrogen (secondary N) is 1. The van der Waals surface area contributed by atoms with E-state index in [1.807, 2.05) is 53.1 Å².